The van der Waals surface area contributed by atoms with Gasteiger partial charge in [0.15, 0.2) is 0 Å². The first-order valence-electron chi connectivity index (χ1n) is 5.87. The Morgan fingerprint density at radius 1 is 1.50 bits per heavy atom. The lowest BCUT2D eigenvalue weighted by Gasteiger charge is -2.24. The third kappa shape index (κ3) is 1.89. The second-order valence-electron chi connectivity index (χ2n) is 4.47. The molecular formula is C12H13BrFN3O. The maximum Gasteiger partial charge on any atom is 0.201 e. The lowest BCUT2D eigenvalue weighted by molar-refractivity contribution is 0.0611. The van der Waals surface area contributed by atoms with Gasteiger partial charge in [0.05, 0.1) is 28.2 Å². The zero-order valence-electron chi connectivity index (χ0n) is 9.70. The highest BCUT2D eigenvalue weighted by Crippen LogP contribution is 2.30. The van der Waals surface area contributed by atoms with E-state index >= 15 is 0 Å². The van der Waals surface area contributed by atoms with E-state index in [4.69, 9.17) is 10.5 Å². The van der Waals surface area contributed by atoms with Gasteiger partial charge in [0.2, 0.25) is 5.95 Å². The molecule has 0 spiro atoms. The van der Waals surface area contributed by atoms with Crippen LogP contribution in [0.3, 0.4) is 0 Å². The summed E-state index contributed by atoms with van der Waals surface area (Å²) < 4.78 is 21.3. The second kappa shape index (κ2) is 4.51. The predicted octanol–water partition coefficient (Wildman–Crippen LogP) is 2.87. The first kappa shape index (κ1) is 11.9. The number of fused-ring (bicyclic) bond motifs is 1. The highest BCUT2D eigenvalue weighted by atomic mass is 79.9. The molecule has 1 aromatic heterocycles. The third-order valence-electron chi connectivity index (χ3n) is 3.26. The first-order valence-corrected chi connectivity index (χ1v) is 6.66. The summed E-state index contributed by atoms with van der Waals surface area (Å²) in [5.74, 6) is 0.0880. The van der Waals surface area contributed by atoms with Crippen LogP contribution in [0.15, 0.2) is 16.6 Å². The van der Waals surface area contributed by atoms with Crippen molar-refractivity contribution in [2.45, 2.75) is 18.9 Å². The number of aromatic nitrogens is 2. The van der Waals surface area contributed by atoms with Crippen molar-refractivity contribution in [2.24, 2.45) is 0 Å². The summed E-state index contributed by atoms with van der Waals surface area (Å²) in [4.78, 5) is 4.21. The van der Waals surface area contributed by atoms with E-state index in [0.717, 1.165) is 25.0 Å². The number of nitrogens with zero attached hydrogens (tertiary/aromatic N) is 2. The van der Waals surface area contributed by atoms with E-state index in [-0.39, 0.29) is 11.9 Å². The highest BCUT2D eigenvalue weighted by Gasteiger charge is 2.21. The molecule has 0 amide bonds. The van der Waals surface area contributed by atoms with Gasteiger partial charge >= 0.3 is 0 Å². The second-order valence-corrected chi connectivity index (χ2v) is 5.32. The van der Waals surface area contributed by atoms with Crippen LogP contribution in [0.5, 0.6) is 0 Å². The fourth-order valence-corrected chi connectivity index (χ4v) is 2.75. The molecule has 1 aliphatic rings. The van der Waals surface area contributed by atoms with Gasteiger partial charge in [-0.15, -0.1) is 0 Å². The summed E-state index contributed by atoms with van der Waals surface area (Å²) in [5, 5.41) is 0. The summed E-state index contributed by atoms with van der Waals surface area (Å²) in [6, 6.07) is 3.31. The number of hydrogen-bond donors (Lipinski definition) is 1. The number of rotatable bonds is 1. The van der Waals surface area contributed by atoms with Gasteiger partial charge in [-0.05, 0) is 34.8 Å². The minimum absolute atomic E-state index is 0.182. The van der Waals surface area contributed by atoms with Crippen LogP contribution in [0.2, 0.25) is 0 Å². The molecule has 4 nitrogen and oxygen atoms in total. The molecule has 2 N–H and O–H groups in total. The van der Waals surface area contributed by atoms with Crippen molar-refractivity contribution in [2.75, 3.05) is 18.9 Å². The number of nitrogens with two attached hydrogens (primary N) is 1. The zero-order chi connectivity index (χ0) is 12.7. The maximum absolute atomic E-state index is 13.5. The van der Waals surface area contributed by atoms with E-state index in [0.29, 0.717) is 22.5 Å². The Morgan fingerprint density at radius 2 is 2.33 bits per heavy atom. The normalized spacial score (nSPS) is 20.4. The molecular weight excluding hydrogens is 301 g/mol. The number of imidazole rings is 1. The number of nitrogen functional groups attached to an aromatic ring is 1. The fourth-order valence-electron chi connectivity index (χ4n) is 2.42. The Kier molecular flexibility index (Phi) is 2.99. The highest BCUT2D eigenvalue weighted by molar-refractivity contribution is 9.10. The third-order valence-corrected chi connectivity index (χ3v) is 3.87. The molecule has 2 aromatic rings. The molecule has 18 heavy (non-hydrogen) atoms. The van der Waals surface area contributed by atoms with Crippen molar-refractivity contribution >= 4 is 32.9 Å². The van der Waals surface area contributed by atoms with E-state index in [1.165, 1.54) is 6.07 Å². The zero-order valence-corrected chi connectivity index (χ0v) is 11.3. The SMILES string of the molecule is Nc1nc2cc(F)c(Br)cc2n1C1CCCOC1. The Morgan fingerprint density at radius 3 is 3.06 bits per heavy atom. The van der Waals surface area contributed by atoms with Crippen molar-refractivity contribution in [1.29, 1.82) is 0 Å². The topological polar surface area (TPSA) is 53.1 Å². The lowest BCUT2D eigenvalue weighted by Crippen LogP contribution is -2.22. The summed E-state index contributed by atoms with van der Waals surface area (Å²) in [6.07, 6.45) is 2.01. The average Bonchev–Trinajstić information content (AvgIpc) is 2.66. The molecule has 1 fully saturated rings. The Balaban J connectivity index is 2.15. The quantitative estimate of drug-likeness (QED) is 0.880. The van der Waals surface area contributed by atoms with Crippen molar-refractivity contribution in [3.05, 3.63) is 22.4 Å². The van der Waals surface area contributed by atoms with Crippen LogP contribution in [0.4, 0.5) is 10.3 Å². The summed E-state index contributed by atoms with van der Waals surface area (Å²) in [7, 11) is 0. The predicted molar refractivity (Wildman–Crippen MR) is 70.9 cm³/mol. The number of ether oxygens (including phenoxy) is 1. The summed E-state index contributed by atoms with van der Waals surface area (Å²) >= 11 is 3.20. The van der Waals surface area contributed by atoms with Crippen molar-refractivity contribution in [3.8, 4) is 0 Å². The molecule has 1 unspecified atom stereocenters. The van der Waals surface area contributed by atoms with Crippen LogP contribution in [-0.2, 0) is 4.74 Å². The van der Waals surface area contributed by atoms with Gasteiger partial charge < -0.3 is 15.0 Å². The molecule has 96 valence electrons. The monoisotopic (exact) mass is 313 g/mol. The van der Waals surface area contributed by atoms with E-state index in [9.17, 15) is 4.39 Å². The molecule has 0 radical (unpaired) electrons. The van der Waals surface area contributed by atoms with Gasteiger partial charge in [0.1, 0.15) is 5.82 Å². The number of halogens is 2. The van der Waals surface area contributed by atoms with Crippen LogP contribution in [0.1, 0.15) is 18.9 Å². The van der Waals surface area contributed by atoms with E-state index in [1.54, 1.807) is 6.07 Å². The standard InChI is InChI=1S/C12H13BrFN3O/c13-8-4-11-10(5-9(8)14)16-12(15)17(11)7-2-1-3-18-6-7/h4-5,7H,1-3,6H2,(H2,15,16). The molecule has 6 heteroatoms. The first-order chi connectivity index (χ1) is 8.66. The van der Waals surface area contributed by atoms with Gasteiger partial charge in [-0.2, -0.15) is 0 Å². The largest absolute Gasteiger partial charge is 0.379 e. The molecule has 3 rings (SSSR count). The van der Waals surface area contributed by atoms with E-state index < -0.39 is 0 Å². The maximum atomic E-state index is 13.5. The minimum atomic E-state index is -0.327. The average molecular weight is 314 g/mol. The van der Waals surface area contributed by atoms with Gasteiger partial charge in [-0.3, -0.25) is 0 Å². The smallest absolute Gasteiger partial charge is 0.201 e. The number of anilines is 1. The van der Waals surface area contributed by atoms with E-state index in [1.807, 2.05) is 4.57 Å². The van der Waals surface area contributed by atoms with E-state index in [2.05, 4.69) is 20.9 Å². The van der Waals surface area contributed by atoms with Gasteiger partial charge in [-0.1, -0.05) is 0 Å². The summed E-state index contributed by atoms with van der Waals surface area (Å²) in [6.45, 7) is 1.42. The Bertz CT molecular complexity index is 593. The number of benzene rings is 1. The minimum Gasteiger partial charge on any atom is -0.379 e. The Labute approximate surface area is 112 Å². The van der Waals surface area contributed by atoms with Gasteiger partial charge in [0.25, 0.3) is 0 Å². The molecule has 1 aromatic carbocycles. The molecule has 1 atom stereocenters. The fraction of sp³-hybridized carbons (Fsp3) is 0.417. The molecule has 0 saturated carbocycles. The lowest BCUT2D eigenvalue weighted by atomic mass is 10.1. The molecule has 0 bridgehead atoms. The van der Waals surface area contributed by atoms with Crippen molar-refractivity contribution in [3.63, 3.8) is 0 Å². The van der Waals surface area contributed by atoms with Crippen LogP contribution in [0.25, 0.3) is 11.0 Å². The molecule has 2 heterocycles. The van der Waals surface area contributed by atoms with Crippen LogP contribution < -0.4 is 5.73 Å². The van der Waals surface area contributed by atoms with Crippen molar-refractivity contribution in [1.82, 2.24) is 9.55 Å². The van der Waals surface area contributed by atoms with Gasteiger partial charge in [-0.25, -0.2) is 9.37 Å². The Hall–Kier alpha value is -1.14. The van der Waals surface area contributed by atoms with Crippen LogP contribution >= 0.6 is 15.9 Å². The molecule has 1 aliphatic heterocycles. The summed E-state index contributed by atoms with van der Waals surface area (Å²) in [5.41, 5.74) is 7.37. The van der Waals surface area contributed by atoms with Crippen molar-refractivity contribution < 1.29 is 9.13 Å². The van der Waals surface area contributed by atoms with Gasteiger partial charge in [0, 0.05) is 12.7 Å². The molecule has 0 aliphatic carbocycles. The van der Waals surface area contributed by atoms with Crippen LogP contribution in [0, 0.1) is 5.82 Å². The number of hydrogen-bond acceptors (Lipinski definition) is 3. The van der Waals surface area contributed by atoms with Crippen LogP contribution in [-0.4, -0.2) is 22.8 Å². The molecule has 1 saturated heterocycles.